The smallest absolute Gasteiger partial charge is 0.333 e. The fraction of sp³-hybridized carbons (Fsp3) is 0.762. The van der Waals surface area contributed by atoms with Crippen LogP contribution in [0.25, 0.3) is 0 Å². The van der Waals surface area contributed by atoms with E-state index >= 15 is 0 Å². The third-order valence-electron chi connectivity index (χ3n) is 6.14. The van der Waals surface area contributed by atoms with Crippen molar-refractivity contribution >= 4 is 5.97 Å². The summed E-state index contributed by atoms with van der Waals surface area (Å²) in [5, 5.41) is 21.1. The summed E-state index contributed by atoms with van der Waals surface area (Å²) in [6.45, 7) is 9.77. The largest absolute Gasteiger partial charge is 0.466 e. The number of hydrogen-bond acceptors (Lipinski definition) is 5. The van der Waals surface area contributed by atoms with E-state index in [1.807, 2.05) is 0 Å². The molecule has 0 unspecified atom stereocenters. The summed E-state index contributed by atoms with van der Waals surface area (Å²) in [6.07, 6.45) is 6.25. The zero-order valence-corrected chi connectivity index (χ0v) is 16.6. The van der Waals surface area contributed by atoms with Gasteiger partial charge in [0.2, 0.25) is 0 Å². The van der Waals surface area contributed by atoms with Crippen molar-refractivity contribution in [2.24, 2.45) is 5.92 Å². The summed E-state index contributed by atoms with van der Waals surface area (Å²) in [6, 6.07) is 0. The van der Waals surface area contributed by atoms with Crippen LogP contribution in [0.15, 0.2) is 23.8 Å². The molecule has 0 radical (unpaired) electrons. The summed E-state index contributed by atoms with van der Waals surface area (Å²) in [4.78, 5) is 12.0. The van der Waals surface area contributed by atoms with Crippen molar-refractivity contribution in [2.45, 2.75) is 89.1 Å². The van der Waals surface area contributed by atoms with Gasteiger partial charge in [-0.05, 0) is 71.6 Å². The van der Waals surface area contributed by atoms with Gasteiger partial charge in [0.15, 0.2) is 0 Å². The van der Waals surface area contributed by atoms with E-state index in [9.17, 15) is 15.0 Å². The molecule has 0 saturated carbocycles. The van der Waals surface area contributed by atoms with Crippen molar-refractivity contribution in [3.63, 3.8) is 0 Å². The predicted octanol–water partition coefficient (Wildman–Crippen LogP) is 3.29. The number of carbonyl (C=O) groups is 1. The Morgan fingerprint density at radius 1 is 1.35 bits per heavy atom. The van der Waals surface area contributed by atoms with Gasteiger partial charge in [0, 0.05) is 5.57 Å². The molecule has 2 aliphatic rings. The number of methoxy groups -OCH3 is 1. The molecule has 0 bridgehead atoms. The van der Waals surface area contributed by atoms with Crippen LogP contribution in [0.2, 0.25) is 0 Å². The van der Waals surface area contributed by atoms with E-state index in [1.54, 1.807) is 6.92 Å². The van der Waals surface area contributed by atoms with Gasteiger partial charge in [0.1, 0.15) is 0 Å². The Labute approximate surface area is 157 Å². The second-order valence-electron chi connectivity index (χ2n) is 8.41. The first-order valence-corrected chi connectivity index (χ1v) is 9.60. The maximum Gasteiger partial charge on any atom is 0.333 e. The SMILES string of the molecule is C=C(C(=O)OC)[C@@H]1CC[C@](C)(O)[C@H](O)CC/C(C)=C/CC[C@]2(C)O[C@H]2C1. The monoisotopic (exact) mass is 366 g/mol. The second-order valence-corrected chi connectivity index (χ2v) is 8.41. The summed E-state index contributed by atoms with van der Waals surface area (Å²) in [5.74, 6) is -0.551. The highest BCUT2D eigenvalue weighted by atomic mass is 16.6. The summed E-state index contributed by atoms with van der Waals surface area (Å²) < 4.78 is 10.8. The Morgan fingerprint density at radius 3 is 2.69 bits per heavy atom. The molecule has 1 aliphatic carbocycles. The van der Waals surface area contributed by atoms with Gasteiger partial charge < -0.3 is 19.7 Å². The molecular formula is C21H34O5. The van der Waals surface area contributed by atoms with Gasteiger partial charge in [0.05, 0.1) is 30.5 Å². The third kappa shape index (κ3) is 5.18. The Balaban J connectivity index is 2.18. The van der Waals surface area contributed by atoms with Crippen LogP contribution in [-0.4, -0.2) is 46.7 Å². The Morgan fingerprint density at radius 2 is 2.04 bits per heavy atom. The lowest BCUT2D eigenvalue weighted by Gasteiger charge is -2.31. The number of esters is 1. The number of hydrogen-bond donors (Lipinski definition) is 2. The lowest BCUT2D eigenvalue weighted by molar-refractivity contribution is -0.136. The summed E-state index contributed by atoms with van der Waals surface area (Å²) >= 11 is 0. The van der Waals surface area contributed by atoms with Crippen molar-refractivity contribution < 1.29 is 24.5 Å². The van der Waals surface area contributed by atoms with Gasteiger partial charge in [-0.15, -0.1) is 0 Å². The van der Waals surface area contributed by atoms with Crippen molar-refractivity contribution in [3.8, 4) is 0 Å². The molecule has 5 atom stereocenters. The van der Waals surface area contributed by atoms with Crippen LogP contribution in [0.3, 0.4) is 0 Å². The van der Waals surface area contributed by atoms with Gasteiger partial charge >= 0.3 is 5.97 Å². The molecule has 0 aromatic heterocycles. The number of epoxide rings is 1. The fourth-order valence-corrected chi connectivity index (χ4v) is 3.81. The lowest BCUT2D eigenvalue weighted by Crippen LogP contribution is -2.40. The second kappa shape index (κ2) is 8.24. The fourth-order valence-electron chi connectivity index (χ4n) is 3.81. The van der Waals surface area contributed by atoms with E-state index in [4.69, 9.17) is 9.47 Å². The molecule has 0 amide bonds. The minimum Gasteiger partial charge on any atom is -0.466 e. The van der Waals surface area contributed by atoms with Crippen molar-refractivity contribution in [1.82, 2.24) is 0 Å². The standard InChI is InChI=1S/C21H34O5/c1-14-7-6-11-21(4)18(26-21)13-16(15(2)19(23)25-5)10-12-20(3,24)17(22)9-8-14/h7,16-18,22,24H,2,6,8-13H2,1,3-5H3/b14-7+/t16-,17-,18+,20+,21+/m1/s1. The molecule has 26 heavy (non-hydrogen) atoms. The zero-order chi connectivity index (χ0) is 19.5. The van der Waals surface area contributed by atoms with Crippen LogP contribution in [0.4, 0.5) is 0 Å². The normalized spacial score (nSPS) is 41.2. The average Bonchev–Trinajstić information content (AvgIpc) is 3.23. The maximum atomic E-state index is 12.0. The molecule has 1 aliphatic heterocycles. The number of aliphatic hydroxyl groups excluding tert-OH is 1. The molecule has 2 rings (SSSR count). The lowest BCUT2D eigenvalue weighted by atomic mass is 9.81. The Bertz CT molecular complexity index is 565. The van der Waals surface area contributed by atoms with Crippen molar-refractivity contribution in [1.29, 1.82) is 0 Å². The highest BCUT2D eigenvalue weighted by Gasteiger charge is 2.52. The van der Waals surface area contributed by atoms with E-state index in [1.165, 1.54) is 12.7 Å². The molecule has 1 heterocycles. The Kier molecular flexibility index (Phi) is 6.70. The minimum absolute atomic E-state index is 0.0837. The summed E-state index contributed by atoms with van der Waals surface area (Å²) in [7, 11) is 1.35. The average molecular weight is 366 g/mol. The van der Waals surface area contributed by atoms with Crippen molar-refractivity contribution in [2.75, 3.05) is 7.11 Å². The topological polar surface area (TPSA) is 79.3 Å². The van der Waals surface area contributed by atoms with Gasteiger partial charge in [-0.2, -0.15) is 0 Å². The Hall–Kier alpha value is -1.17. The molecule has 5 heteroatoms. The molecule has 0 aromatic carbocycles. The van der Waals surface area contributed by atoms with E-state index < -0.39 is 17.7 Å². The third-order valence-corrected chi connectivity index (χ3v) is 6.14. The van der Waals surface area contributed by atoms with E-state index in [0.717, 1.165) is 19.3 Å². The van der Waals surface area contributed by atoms with Gasteiger partial charge in [-0.25, -0.2) is 4.79 Å². The molecule has 1 saturated heterocycles. The molecule has 148 valence electrons. The molecule has 5 nitrogen and oxygen atoms in total. The first kappa shape index (κ1) is 21.1. The van der Waals surface area contributed by atoms with E-state index in [2.05, 4.69) is 26.5 Å². The number of ether oxygens (including phenoxy) is 2. The first-order chi connectivity index (χ1) is 12.1. The minimum atomic E-state index is -1.20. The zero-order valence-electron chi connectivity index (χ0n) is 16.6. The van der Waals surface area contributed by atoms with E-state index in [-0.39, 0.29) is 17.6 Å². The highest BCUT2D eigenvalue weighted by Crippen LogP contribution is 2.46. The number of carbonyl (C=O) groups excluding carboxylic acids is 1. The maximum absolute atomic E-state index is 12.0. The molecule has 2 N–H and O–H groups in total. The van der Waals surface area contributed by atoms with Crippen LogP contribution in [0, 0.1) is 5.92 Å². The predicted molar refractivity (Wildman–Crippen MR) is 101 cm³/mol. The summed E-state index contributed by atoms with van der Waals surface area (Å²) in [5.41, 5.74) is 0.290. The number of aliphatic hydroxyl groups is 2. The molecule has 1 fully saturated rings. The van der Waals surface area contributed by atoms with Crippen LogP contribution in [-0.2, 0) is 14.3 Å². The van der Waals surface area contributed by atoms with Crippen LogP contribution >= 0.6 is 0 Å². The quantitative estimate of drug-likeness (QED) is 0.339. The van der Waals surface area contributed by atoms with Crippen LogP contribution < -0.4 is 0 Å². The molecule has 0 aromatic rings. The van der Waals surface area contributed by atoms with Gasteiger partial charge in [0.25, 0.3) is 0 Å². The van der Waals surface area contributed by atoms with Gasteiger partial charge in [-0.1, -0.05) is 18.2 Å². The van der Waals surface area contributed by atoms with E-state index in [0.29, 0.717) is 31.3 Å². The number of rotatable bonds is 2. The first-order valence-electron chi connectivity index (χ1n) is 9.60. The number of fused-ring (bicyclic) bond motifs is 1. The van der Waals surface area contributed by atoms with Crippen molar-refractivity contribution in [3.05, 3.63) is 23.8 Å². The van der Waals surface area contributed by atoms with Crippen LogP contribution in [0.5, 0.6) is 0 Å². The highest BCUT2D eigenvalue weighted by molar-refractivity contribution is 5.88. The molecular weight excluding hydrogens is 332 g/mol. The van der Waals surface area contributed by atoms with Gasteiger partial charge in [-0.3, -0.25) is 0 Å². The molecule has 0 spiro atoms. The van der Waals surface area contributed by atoms with Crippen LogP contribution in [0.1, 0.15) is 65.7 Å². The number of allylic oxidation sites excluding steroid dienone is 2.